The van der Waals surface area contributed by atoms with Gasteiger partial charge in [0.1, 0.15) is 0 Å². The van der Waals surface area contributed by atoms with Crippen molar-refractivity contribution in [1.82, 2.24) is 20.4 Å². The summed E-state index contributed by atoms with van der Waals surface area (Å²) in [6.07, 6.45) is -0.268. The van der Waals surface area contributed by atoms with Crippen molar-refractivity contribution in [1.29, 1.82) is 0 Å². The van der Waals surface area contributed by atoms with Crippen molar-refractivity contribution >= 4 is 5.91 Å². The SMILES string of the molecule is C=C(/C=C(\C=C/C[N+](=O)[O-])N[C@H](C)CN(CC)C(=O)CCCN1CCNCC1)C(F)(F)F. The van der Waals surface area contributed by atoms with Gasteiger partial charge in [0.2, 0.25) is 12.5 Å². The minimum Gasteiger partial charge on any atom is -0.381 e. The van der Waals surface area contributed by atoms with Gasteiger partial charge in [-0.1, -0.05) is 6.58 Å². The molecule has 0 saturated carbocycles. The third-order valence-electron chi connectivity index (χ3n) is 4.96. The first-order chi connectivity index (χ1) is 15.0. The zero-order valence-corrected chi connectivity index (χ0v) is 18.8. The molecule has 1 saturated heterocycles. The molecule has 1 rings (SSSR count). The number of amides is 1. The van der Waals surface area contributed by atoms with Gasteiger partial charge in [-0.15, -0.1) is 0 Å². The molecule has 0 aromatic rings. The lowest BCUT2D eigenvalue weighted by Gasteiger charge is -2.28. The van der Waals surface area contributed by atoms with Gasteiger partial charge >= 0.3 is 6.18 Å². The minimum atomic E-state index is -4.61. The van der Waals surface area contributed by atoms with Crippen LogP contribution in [-0.2, 0) is 4.79 Å². The highest BCUT2D eigenvalue weighted by Gasteiger charge is 2.30. The highest BCUT2D eigenvalue weighted by atomic mass is 19.4. The Balaban J connectivity index is 2.65. The van der Waals surface area contributed by atoms with E-state index in [0.717, 1.165) is 51.3 Å². The first-order valence-corrected chi connectivity index (χ1v) is 10.8. The van der Waals surface area contributed by atoms with Gasteiger partial charge < -0.3 is 20.4 Å². The molecule has 11 heteroatoms. The molecule has 0 aromatic carbocycles. The van der Waals surface area contributed by atoms with E-state index >= 15 is 0 Å². The summed E-state index contributed by atoms with van der Waals surface area (Å²) in [6.45, 7) is 11.5. The van der Waals surface area contributed by atoms with Crippen molar-refractivity contribution in [3.8, 4) is 0 Å². The Morgan fingerprint density at radius 3 is 2.59 bits per heavy atom. The smallest absolute Gasteiger partial charge is 0.381 e. The van der Waals surface area contributed by atoms with Crippen molar-refractivity contribution in [2.45, 2.75) is 38.9 Å². The summed E-state index contributed by atoms with van der Waals surface area (Å²) in [4.78, 5) is 26.5. The zero-order valence-electron chi connectivity index (χ0n) is 18.8. The lowest BCUT2D eigenvalue weighted by molar-refractivity contribution is -0.468. The van der Waals surface area contributed by atoms with Crippen LogP contribution in [0.3, 0.4) is 0 Å². The van der Waals surface area contributed by atoms with Crippen molar-refractivity contribution < 1.29 is 22.9 Å². The maximum Gasteiger partial charge on any atom is 0.415 e. The molecular weight excluding hydrogens is 427 g/mol. The van der Waals surface area contributed by atoms with Gasteiger partial charge in [0.05, 0.1) is 5.57 Å². The first kappa shape index (κ1) is 27.6. The molecule has 0 spiro atoms. The zero-order chi connectivity index (χ0) is 24.1. The average molecular weight is 462 g/mol. The summed E-state index contributed by atoms with van der Waals surface area (Å²) < 4.78 is 38.6. The van der Waals surface area contributed by atoms with Gasteiger partial charge in [0, 0.05) is 62.4 Å². The number of likely N-dealkylation sites (N-methyl/N-ethyl adjacent to an activating group) is 1. The highest BCUT2D eigenvalue weighted by molar-refractivity contribution is 5.76. The van der Waals surface area contributed by atoms with Crippen LogP contribution in [0.15, 0.2) is 36.1 Å². The largest absolute Gasteiger partial charge is 0.415 e. The molecule has 1 atom stereocenters. The number of alkyl halides is 3. The Morgan fingerprint density at radius 2 is 2.03 bits per heavy atom. The normalized spacial score (nSPS) is 16.7. The lowest BCUT2D eigenvalue weighted by atomic mass is 10.2. The first-order valence-electron chi connectivity index (χ1n) is 10.8. The van der Waals surface area contributed by atoms with Gasteiger partial charge in [-0.05, 0) is 45.0 Å². The molecule has 1 fully saturated rings. The second-order valence-corrected chi connectivity index (χ2v) is 7.71. The van der Waals surface area contributed by atoms with Crippen LogP contribution in [0, 0.1) is 10.1 Å². The molecule has 1 aliphatic heterocycles. The van der Waals surface area contributed by atoms with Gasteiger partial charge in [0.15, 0.2) is 0 Å². The molecule has 182 valence electrons. The maximum absolute atomic E-state index is 12.9. The van der Waals surface area contributed by atoms with Crippen LogP contribution in [0.4, 0.5) is 13.2 Å². The Kier molecular flexibility index (Phi) is 12.0. The number of nitro groups is 1. The summed E-state index contributed by atoms with van der Waals surface area (Å²) in [6, 6.07) is -0.375. The minimum absolute atomic E-state index is 0.00888. The van der Waals surface area contributed by atoms with Crippen LogP contribution in [0.25, 0.3) is 0 Å². The van der Waals surface area contributed by atoms with Crippen LogP contribution >= 0.6 is 0 Å². The van der Waals surface area contributed by atoms with E-state index in [0.29, 0.717) is 19.5 Å². The van der Waals surface area contributed by atoms with E-state index in [1.807, 2.05) is 6.92 Å². The van der Waals surface area contributed by atoms with E-state index in [1.54, 1.807) is 11.8 Å². The number of carbonyl (C=O) groups excluding carboxylic acids is 1. The van der Waals surface area contributed by atoms with Gasteiger partial charge in [0.25, 0.3) is 0 Å². The predicted molar refractivity (Wildman–Crippen MR) is 118 cm³/mol. The number of carbonyl (C=O) groups is 1. The lowest BCUT2D eigenvalue weighted by Crippen LogP contribution is -2.44. The van der Waals surface area contributed by atoms with Crippen LogP contribution in [0.2, 0.25) is 0 Å². The molecule has 1 aliphatic rings. The summed E-state index contributed by atoms with van der Waals surface area (Å²) in [5.41, 5.74) is -1.03. The molecule has 0 radical (unpaired) electrons. The van der Waals surface area contributed by atoms with Crippen LogP contribution in [0.1, 0.15) is 26.7 Å². The Bertz CT molecular complexity index is 689. The number of nitrogens with zero attached hydrogens (tertiary/aromatic N) is 3. The predicted octanol–water partition coefficient (Wildman–Crippen LogP) is 2.33. The monoisotopic (exact) mass is 461 g/mol. The molecule has 2 N–H and O–H groups in total. The van der Waals surface area contributed by atoms with E-state index in [2.05, 4.69) is 22.1 Å². The van der Waals surface area contributed by atoms with Gasteiger partial charge in [-0.25, -0.2) is 0 Å². The van der Waals surface area contributed by atoms with E-state index in [4.69, 9.17) is 0 Å². The Hall–Kier alpha value is -2.40. The Morgan fingerprint density at radius 1 is 1.38 bits per heavy atom. The number of hydrogen-bond acceptors (Lipinski definition) is 6. The van der Waals surface area contributed by atoms with Gasteiger partial charge in [-0.3, -0.25) is 14.9 Å². The second-order valence-electron chi connectivity index (χ2n) is 7.71. The number of allylic oxidation sites excluding steroid dienone is 3. The Labute approximate surface area is 187 Å². The van der Waals surface area contributed by atoms with E-state index < -0.39 is 23.2 Å². The summed E-state index contributed by atoms with van der Waals surface area (Å²) in [5, 5.41) is 16.7. The topological polar surface area (TPSA) is 90.8 Å². The fourth-order valence-corrected chi connectivity index (χ4v) is 3.29. The highest BCUT2D eigenvalue weighted by Crippen LogP contribution is 2.25. The van der Waals surface area contributed by atoms with E-state index in [1.165, 1.54) is 6.08 Å². The number of rotatable bonds is 13. The summed E-state index contributed by atoms with van der Waals surface area (Å²) in [5.74, 6) is -0.00888. The molecule has 1 heterocycles. The summed E-state index contributed by atoms with van der Waals surface area (Å²) in [7, 11) is 0. The molecule has 0 bridgehead atoms. The average Bonchev–Trinajstić information content (AvgIpc) is 2.71. The van der Waals surface area contributed by atoms with Crippen LogP contribution in [0.5, 0.6) is 0 Å². The number of piperazine rings is 1. The standard InChI is InChI=1S/C21H34F3N5O3/c1-4-28(20(30)8-6-11-27-13-9-25-10-14-27)16-18(3)26-19(7-5-12-29(31)32)15-17(2)21(22,23)24/h5,7,15,18,25-26H,2,4,6,8-14,16H2,1,3H3/b7-5-,19-15+/t18-/m1/s1. The molecule has 1 amide bonds. The number of halogens is 3. The quantitative estimate of drug-likeness (QED) is 0.249. The maximum atomic E-state index is 12.9. The third-order valence-corrected chi connectivity index (χ3v) is 4.96. The number of nitrogens with one attached hydrogen (secondary N) is 2. The van der Waals surface area contributed by atoms with Crippen molar-refractivity contribution in [3.63, 3.8) is 0 Å². The molecule has 0 aromatic heterocycles. The molecule has 32 heavy (non-hydrogen) atoms. The third kappa shape index (κ3) is 11.3. The van der Waals surface area contributed by atoms with E-state index in [9.17, 15) is 28.1 Å². The fraction of sp³-hybridized carbons (Fsp3) is 0.667. The van der Waals surface area contributed by atoms with Gasteiger partial charge in [-0.2, -0.15) is 13.2 Å². The molecular formula is C21H34F3N5O3. The number of hydrogen-bond donors (Lipinski definition) is 2. The van der Waals surface area contributed by atoms with Crippen LogP contribution in [-0.4, -0.2) is 85.2 Å². The second kappa shape index (κ2) is 13.9. The van der Waals surface area contributed by atoms with E-state index in [-0.39, 0.29) is 17.6 Å². The molecule has 0 unspecified atom stereocenters. The molecule has 0 aliphatic carbocycles. The fourth-order valence-electron chi connectivity index (χ4n) is 3.29. The molecule has 8 nitrogen and oxygen atoms in total. The van der Waals surface area contributed by atoms with Crippen molar-refractivity contribution in [2.75, 3.05) is 52.4 Å². The van der Waals surface area contributed by atoms with Crippen LogP contribution < -0.4 is 10.6 Å². The summed E-state index contributed by atoms with van der Waals surface area (Å²) >= 11 is 0. The van der Waals surface area contributed by atoms with Crippen molar-refractivity contribution in [3.05, 3.63) is 46.2 Å². The van der Waals surface area contributed by atoms with Crippen molar-refractivity contribution in [2.24, 2.45) is 0 Å².